The molecule has 0 radical (unpaired) electrons. The van der Waals surface area contributed by atoms with Crippen LogP contribution in [0.15, 0.2) is 48.5 Å². The molecule has 0 saturated carbocycles. The molecule has 0 aliphatic carbocycles. The highest BCUT2D eigenvalue weighted by Gasteiger charge is 2.22. The predicted octanol–water partition coefficient (Wildman–Crippen LogP) is 3.59. The minimum absolute atomic E-state index is 0.125. The summed E-state index contributed by atoms with van der Waals surface area (Å²) in [6.07, 6.45) is 0.693. The third kappa shape index (κ3) is 4.07. The van der Waals surface area contributed by atoms with Crippen molar-refractivity contribution in [1.82, 2.24) is 5.32 Å². The van der Waals surface area contributed by atoms with Gasteiger partial charge in [0.2, 0.25) is 0 Å². The minimum Gasteiger partial charge on any atom is -0.494 e. The Morgan fingerprint density at radius 1 is 1.18 bits per heavy atom. The van der Waals surface area contributed by atoms with Crippen LogP contribution >= 0.6 is 0 Å². The van der Waals surface area contributed by atoms with E-state index < -0.39 is 11.4 Å². The Kier molecular flexibility index (Phi) is 4.81. The van der Waals surface area contributed by atoms with E-state index in [0.717, 1.165) is 5.56 Å². The van der Waals surface area contributed by atoms with E-state index >= 15 is 0 Å². The van der Waals surface area contributed by atoms with E-state index in [9.17, 15) is 9.18 Å². The van der Waals surface area contributed by atoms with Crippen molar-refractivity contribution in [2.24, 2.45) is 0 Å². The molecular weight excluding hydrogens is 281 g/mol. The molecule has 0 aliphatic heterocycles. The second kappa shape index (κ2) is 6.60. The lowest BCUT2D eigenvalue weighted by Gasteiger charge is -2.26. The molecule has 1 N–H and O–H groups in total. The number of nitrogens with one attached hydrogen (secondary N) is 1. The van der Waals surface area contributed by atoms with E-state index in [1.165, 1.54) is 19.2 Å². The van der Waals surface area contributed by atoms with E-state index in [4.69, 9.17) is 4.74 Å². The Hall–Kier alpha value is -2.36. The average Bonchev–Trinajstić information content (AvgIpc) is 2.47. The number of rotatable bonds is 5. The van der Waals surface area contributed by atoms with Crippen molar-refractivity contribution in [3.05, 3.63) is 65.5 Å². The Bertz CT molecular complexity index is 653. The van der Waals surface area contributed by atoms with Gasteiger partial charge < -0.3 is 10.1 Å². The fourth-order valence-corrected chi connectivity index (χ4v) is 2.34. The molecule has 0 spiro atoms. The first-order valence-corrected chi connectivity index (χ1v) is 7.11. The van der Waals surface area contributed by atoms with E-state index in [0.29, 0.717) is 6.42 Å². The van der Waals surface area contributed by atoms with Gasteiger partial charge in [0, 0.05) is 11.1 Å². The predicted molar refractivity (Wildman–Crippen MR) is 84.6 cm³/mol. The monoisotopic (exact) mass is 301 g/mol. The summed E-state index contributed by atoms with van der Waals surface area (Å²) in [4.78, 5) is 12.3. The molecule has 0 bridgehead atoms. The van der Waals surface area contributed by atoms with Crippen LogP contribution < -0.4 is 10.1 Å². The van der Waals surface area contributed by atoms with Crippen molar-refractivity contribution in [1.29, 1.82) is 0 Å². The number of halogens is 1. The van der Waals surface area contributed by atoms with Crippen molar-refractivity contribution >= 4 is 5.91 Å². The van der Waals surface area contributed by atoms with Crippen molar-refractivity contribution in [3.63, 3.8) is 0 Å². The molecule has 0 aromatic heterocycles. The molecule has 0 saturated heterocycles. The van der Waals surface area contributed by atoms with E-state index in [-0.39, 0.29) is 17.2 Å². The van der Waals surface area contributed by atoms with Crippen molar-refractivity contribution in [2.75, 3.05) is 7.11 Å². The maximum Gasteiger partial charge on any atom is 0.251 e. The summed E-state index contributed by atoms with van der Waals surface area (Å²) in [5.74, 6) is -0.724. The molecule has 0 aliphatic rings. The van der Waals surface area contributed by atoms with Crippen LogP contribution in [-0.4, -0.2) is 18.6 Å². The SMILES string of the molecule is COc1ccc(C(=O)NC(C)(C)Cc2ccccc2)cc1F. The van der Waals surface area contributed by atoms with Gasteiger partial charge in [-0.1, -0.05) is 30.3 Å². The van der Waals surface area contributed by atoms with Gasteiger partial charge in [-0.2, -0.15) is 0 Å². The summed E-state index contributed by atoms with van der Waals surface area (Å²) in [7, 11) is 1.39. The maximum atomic E-state index is 13.7. The zero-order valence-corrected chi connectivity index (χ0v) is 13.0. The Balaban J connectivity index is 2.08. The molecule has 1 amide bonds. The van der Waals surface area contributed by atoms with Gasteiger partial charge in [-0.25, -0.2) is 4.39 Å². The number of methoxy groups -OCH3 is 1. The fourth-order valence-electron chi connectivity index (χ4n) is 2.34. The largest absolute Gasteiger partial charge is 0.494 e. The summed E-state index contributed by atoms with van der Waals surface area (Å²) < 4.78 is 18.5. The van der Waals surface area contributed by atoms with Gasteiger partial charge in [-0.3, -0.25) is 4.79 Å². The number of ether oxygens (including phenoxy) is 1. The van der Waals surface area contributed by atoms with Crippen LogP contribution in [-0.2, 0) is 6.42 Å². The molecule has 0 unspecified atom stereocenters. The standard InChI is InChI=1S/C18H20FNO2/c1-18(2,12-13-7-5-4-6-8-13)20-17(21)14-9-10-16(22-3)15(19)11-14/h4-11H,12H2,1-3H3,(H,20,21). The molecule has 0 atom stereocenters. The lowest BCUT2D eigenvalue weighted by atomic mass is 9.94. The molecule has 0 heterocycles. The quantitative estimate of drug-likeness (QED) is 0.916. The van der Waals surface area contributed by atoms with Gasteiger partial charge in [0.15, 0.2) is 11.6 Å². The molecule has 2 rings (SSSR count). The Labute approximate surface area is 130 Å². The van der Waals surface area contributed by atoms with Crippen LogP contribution in [0.4, 0.5) is 4.39 Å². The molecule has 22 heavy (non-hydrogen) atoms. The Morgan fingerprint density at radius 2 is 1.86 bits per heavy atom. The summed E-state index contributed by atoms with van der Waals surface area (Å²) in [5, 5.41) is 2.94. The second-order valence-corrected chi connectivity index (χ2v) is 5.85. The topological polar surface area (TPSA) is 38.3 Å². The van der Waals surface area contributed by atoms with Crippen molar-refractivity contribution < 1.29 is 13.9 Å². The maximum absolute atomic E-state index is 13.7. The highest BCUT2D eigenvalue weighted by Crippen LogP contribution is 2.19. The van der Waals surface area contributed by atoms with Crippen LogP contribution in [0.5, 0.6) is 5.75 Å². The average molecular weight is 301 g/mol. The lowest BCUT2D eigenvalue weighted by Crippen LogP contribution is -2.45. The normalized spacial score (nSPS) is 11.1. The third-order valence-corrected chi connectivity index (χ3v) is 3.35. The number of amides is 1. The minimum atomic E-state index is -0.545. The molecule has 2 aromatic rings. The van der Waals surface area contributed by atoms with Crippen LogP contribution in [0.1, 0.15) is 29.8 Å². The molecular formula is C18H20FNO2. The number of carbonyl (C=O) groups is 1. The number of benzene rings is 2. The number of hydrogen-bond acceptors (Lipinski definition) is 2. The van der Waals surface area contributed by atoms with E-state index in [1.54, 1.807) is 6.07 Å². The number of hydrogen-bond donors (Lipinski definition) is 1. The summed E-state index contributed by atoms with van der Waals surface area (Å²) in [6.45, 7) is 3.88. The zero-order valence-electron chi connectivity index (χ0n) is 13.0. The smallest absolute Gasteiger partial charge is 0.251 e. The molecule has 2 aromatic carbocycles. The Morgan fingerprint density at radius 3 is 2.45 bits per heavy atom. The molecule has 116 valence electrons. The lowest BCUT2D eigenvalue weighted by molar-refractivity contribution is 0.0912. The van der Waals surface area contributed by atoms with Crippen LogP contribution in [0.25, 0.3) is 0 Å². The first-order chi connectivity index (χ1) is 10.4. The highest BCUT2D eigenvalue weighted by molar-refractivity contribution is 5.94. The van der Waals surface area contributed by atoms with Gasteiger partial charge in [-0.05, 0) is 44.0 Å². The van der Waals surface area contributed by atoms with Crippen molar-refractivity contribution in [3.8, 4) is 5.75 Å². The van der Waals surface area contributed by atoms with E-state index in [1.807, 2.05) is 44.2 Å². The summed E-state index contributed by atoms with van der Waals surface area (Å²) in [6, 6.07) is 14.1. The van der Waals surface area contributed by atoms with Gasteiger partial charge in [-0.15, -0.1) is 0 Å². The van der Waals surface area contributed by atoms with Crippen LogP contribution in [0, 0.1) is 5.82 Å². The van der Waals surface area contributed by atoms with Gasteiger partial charge in [0.25, 0.3) is 5.91 Å². The van der Waals surface area contributed by atoms with Gasteiger partial charge in [0.05, 0.1) is 7.11 Å². The molecule has 0 fully saturated rings. The zero-order chi connectivity index (χ0) is 16.2. The van der Waals surface area contributed by atoms with Gasteiger partial charge >= 0.3 is 0 Å². The van der Waals surface area contributed by atoms with E-state index in [2.05, 4.69) is 5.32 Å². The van der Waals surface area contributed by atoms with Gasteiger partial charge in [0.1, 0.15) is 0 Å². The van der Waals surface area contributed by atoms with Crippen LogP contribution in [0.3, 0.4) is 0 Å². The van der Waals surface area contributed by atoms with Crippen LogP contribution in [0.2, 0.25) is 0 Å². The highest BCUT2D eigenvalue weighted by atomic mass is 19.1. The van der Waals surface area contributed by atoms with Crippen molar-refractivity contribution in [2.45, 2.75) is 25.8 Å². The number of carbonyl (C=O) groups excluding carboxylic acids is 1. The third-order valence-electron chi connectivity index (χ3n) is 3.35. The summed E-state index contributed by atoms with van der Waals surface area (Å²) >= 11 is 0. The summed E-state index contributed by atoms with van der Waals surface area (Å²) in [5.41, 5.74) is 0.975. The first-order valence-electron chi connectivity index (χ1n) is 7.11. The molecule has 4 heteroatoms. The molecule has 3 nitrogen and oxygen atoms in total. The fraction of sp³-hybridized carbons (Fsp3) is 0.278. The first kappa shape index (κ1) is 16.0. The second-order valence-electron chi connectivity index (χ2n) is 5.85.